The van der Waals surface area contributed by atoms with Crippen LogP contribution in [0.15, 0.2) is 51.9 Å². The van der Waals surface area contributed by atoms with Gasteiger partial charge in [-0.3, -0.25) is 9.36 Å². The molecular weight excluding hydrogens is 244 g/mol. The predicted octanol–water partition coefficient (Wildman–Crippen LogP) is 1.53. The first-order valence-corrected chi connectivity index (χ1v) is 5.90. The molecule has 0 amide bonds. The first kappa shape index (κ1) is 11.7. The lowest BCUT2D eigenvalue weighted by molar-refractivity contribution is 0.243. The number of benzene rings is 1. The van der Waals surface area contributed by atoms with Crippen molar-refractivity contribution in [3.8, 4) is 0 Å². The maximum absolute atomic E-state index is 12.2. The standard InChI is InChI=1S/C14H12N2O3/c17-8-11-6-5-10(19-11)7-16-9-15-13-4-2-1-3-12(13)14(16)18/h1-6,9,17H,7-8H2. The van der Waals surface area contributed by atoms with E-state index in [9.17, 15) is 4.79 Å². The highest BCUT2D eigenvalue weighted by atomic mass is 16.4. The summed E-state index contributed by atoms with van der Waals surface area (Å²) in [6, 6.07) is 10.6. The molecule has 0 aliphatic heterocycles. The third-order valence-corrected chi connectivity index (χ3v) is 2.93. The fourth-order valence-corrected chi connectivity index (χ4v) is 1.98. The van der Waals surface area contributed by atoms with E-state index in [-0.39, 0.29) is 12.2 Å². The number of rotatable bonds is 3. The third-order valence-electron chi connectivity index (χ3n) is 2.93. The second-order valence-corrected chi connectivity index (χ2v) is 4.22. The highest BCUT2D eigenvalue weighted by molar-refractivity contribution is 5.76. The van der Waals surface area contributed by atoms with Gasteiger partial charge in [0, 0.05) is 0 Å². The number of para-hydroxylation sites is 1. The molecular formula is C14H12N2O3. The lowest BCUT2D eigenvalue weighted by Crippen LogP contribution is -2.20. The van der Waals surface area contributed by atoms with Crippen LogP contribution >= 0.6 is 0 Å². The van der Waals surface area contributed by atoms with Crippen LogP contribution in [0.5, 0.6) is 0 Å². The van der Waals surface area contributed by atoms with Crippen LogP contribution in [0.2, 0.25) is 0 Å². The number of aromatic nitrogens is 2. The van der Waals surface area contributed by atoms with Gasteiger partial charge in [-0.05, 0) is 24.3 Å². The molecule has 3 rings (SSSR count). The Kier molecular flexibility index (Phi) is 2.89. The number of aliphatic hydroxyl groups is 1. The Hall–Kier alpha value is -2.40. The van der Waals surface area contributed by atoms with Gasteiger partial charge in [0.1, 0.15) is 18.1 Å². The van der Waals surface area contributed by atoms with Crippen molar-refractivity contribution >= 4 is 10.9 Å². The molecule has 0 fully saturated rings. The number of hydrogen-bond donors (Lipinski definition) is 1. The zero-order valence-corrected chi connectivity index (χ0v) is 10.1. The molecule has 0 saturated heterocycles. The Morgan fingerprint density at radius 3 is 2.74 bits per heavy atom. The van der Waals surface area contributed by atoms with E-state index in [1.165, 1.54) is 10.9 Å². The second-order valence-electron chi connectivity index (χ2n) is 4.22. The minimum Gasteiger partial charge on any atom is -0.462 e. The molecule has 3 aromatic rings. The van der Waals surface area contributed by atoms with E-state index >= 15 is 0 Å². The zero-order chi connectivity index (χ0) is 13.2. The average molecular weight is 256 g/mol. The molecule has 19 heavy (non-hydrogen) atoms. The van der Waals surface area contributed by atoms with Crippen molar-refractivity contribution in [1.82, 2.24) is 9.55 Å². The Bertz CT molecular complexity index is 773. The van der Waals surface area contributed by atoms with Crippen LogP contribution in [0, 0.1) is 0 Å². The van der Waals surface area contributed by atoms with Crippen molar-refractivity contribution in [1.29, 1.82) is 0 Å². The summed E-state index contributed by atoms with van der Waals surface area (Å²) in [5, 5.41) is 9.52. The van der Waals surface area contributed by atoms with E-state index in [0.717, 1.165) is 0 Å². The lowest BCUT2D eigenvalue weighted by atomic mass is 10.2. The summed E-state index contributed by atoms with van der Waals surface area (Å²) in [4.78, 5) is 16.5. The first-order valence-electron chi connectivity index (χ1n) is 5.90. The van der Waals surface area contributed by atoms with E-state index < -0.39 is 0 Å². The Morgan fingerprint density at radius 1 is 1.16 bits per heavy atom. The molecule has 2 aromatic heterocycles. The fourth-order valence-electron chi connectivity index (χ4n) is 1.98. The maximum Gasteiger partial charge on any atom is 0.261 e. The molecule has 5 nitrogen and oxygen atoms in total. The van der Waals surface area contributed by atoms with Crippen LogP contribution in [0.3, 0.4) is 0 Å². The Labute approximate surface area is 108 Å². The van der Waals surface area contributed by atoms with E-state index in [0.29, 0.717) is 29.0 Å². The molecule has 0 aliphatic carbocycles. The van der Waals surface area contributed by atoms with E-state index in [2.05, 4.69) is 4.98 Å². The number of aliphatic hydroxyl groups excluding tert-OH is 1. The summed E-state index contributed by atoms with van der Waals surface area (Å²) >= 11 is 0. The summed E-state index contributed by atoms with van der Waals surface area (Å²) in [5.41, 5.74) is 0.576. The second kappa shape index (κ2) is 4.70. The maximum atomic E-state index is 12.2. The van der Waals surface area contributed by atoms with Crippen LogP contribution < -0.4 is 5.56 Å². The minimum atomic E-state index is -0.148. The van der Waals surface area contributed by atoms with Crippen LogP contribution in [0.4, 0.5) is 0 Å². The minimum absolute atomic E-state index is 0.104. The lowest BCUT2D eigenvalue weighted by Gasteiger charge is -2.04. The van der Waals surface area contributed by atoms with E-state index in [1.807, 2.05) is 12.1 Å². The van der Waals surface area contributed by atoms with Crippen molar-refractivity contribution in [2.45, 2.75) is 13.2 Å². The van der Waals surface area contributed by atoms with Crippen molar-refractivity contribution in [2.24, 2.45) is 0 Å². The number of furan rings is 1. The number of fused-ring (bicyclic) bond motifs is 1. The predicted molar refractivity (Wildman–Crippen MR) is 69.7 cm³/mol. The van der Waals surface area contributed by atoms with Crippen LogP contribution in [0.1, 0.15) is 11.5 Å². The molecule has 0 spiro atoms. The average Bonchev–Trinajstić information content (AvgIpc) is 2.90. The van der Waals surface area contributed by atoms with Gasteiger partial charge < -0.3 is 9.52 Å². The summed E-state index contributed by atoms with van der Waals surface area (Å²) in [6.07, 6.45) is 1.51. The SMILES string of the molecule is O=c1c2ccccc2ncn1Cc1ccc(CO)o1. The van der Waals surface area contributed by atoms with E-state index in [4.69, 9.17) is 9.52 Å². The normalized spacial score (nSPS) is 11.0. The Balaban J connectivity index is 2.01. The highest BCUT2D eigenvalue weighted by Gasteiger charge is 2.06. The molecule has 1 aromatic carbocycles. The van der Waals surface area contributed by atoms with Gasteiger partial charge in [0.25, 0.3) is 5.56 Å². The molecule has 5 heteroatoms. The van der Waals surface area contributed by atoms with Gasteiger partial charge in [-0.2, -0.15) is 0 Å². The van der Waals surface area contributed by atoms with Crippen LogP contribution in [0.25, 0.3) is 10.9 Å². The summed E-state index contributed by atoms with van der Waals surface area (Å²) in [7, 11) is 0. The molecule has 0 aliphatic rings. The van der Waals surface area contributed by atoms with Crippen LogP contribution in [-0.2, 0) is 13.2 Å². The largest absolute Gasteiger partial charge is 0.462 e. The van der Waals surface area contributed by atoms with Gasteiger partial charge in [-0.25, -0.2) is 4.98 Å². The smallest absolute Gasteiger partial charge is 0.261 e. The van der Waals surface area contributed by atoms with Gasteiger partial charge in [-0.15, -0.1) is 0 Å². The monoisotopic (exact) mass is 256 g/mol. The van der Waals surface area contributed by atoms with Gasteiger partial charge in [0.2, 0.25) is 0 Å². The molecule has 96 valence electrons. The van der Waals surface area contributed by atoms with Gasteiger partial charge in [-0.1, -0.05) is 12.1 Å². The van der Waals surface area contributed by atoms with Crippen molar-refractivity contribution in [3.05, 3.63) is 64.6 Å². The highest BCUT2D eigenvalue weighted by Crippen LogP contribution is 2.10. The quantitative estimate of drug-likeness (QED) is 0.771. The molecule has 0 bridgehead atoms. The van der Waals surface area contributed by atoms with Gasteiger partial charge in [0.15, 0.2) is 0 Å². The van der Waals surface area contributed by atoms with Crippen molar-refractivity contribution in [3.63, 3.8) is 0 Å². The zero-order valence-electron chi connectivity index (χ0n) is 10.1. The molecule has 2 heterocycles. The van der Waals surface area contributed by atoms with Crippen molar-refractivity contribution in [2.75, 3.05) is 0 Å². The summed E-state index contributed by atoms with van der Waals surface area (Å²) in [6.45, 7) is 0.154. The molecule has 0 saturated carbocycles. The number of nitrogens with zero attached hydrogens (tertiary/aromatic N) is 2. The summed E-state index contributed by atoms with van der Waals surface area (Å²) in [5.74, 6) is 1.10. The van der Waals surface area contributed by atoms with Crippen molar-refractivity contribution < 1.29 is 9.52 Å². The molecule has 0 unspecified atom stereocenters. The fraction of sp³-hybridized carbons (Fsp3) is 0.143. The molecule has 0 radical (unpaired) electrons. The van der Waals surface area contributed by atoms with E-state index in [1.54, 1.807) is 24.3 Å². The first-order chi connectivity index (χ1) is 9.28. The van der Waals surface area contributed by atoms with Crippen LogP contribution in [-0.4, -0.2) is 14.7 Å². The molecule has 0 atom stereocenters. The summed E-state index contributed by atoms with van der Waals surface area (Å²) < 4.78 is 6.85. The van der Waals surface area contributed by atoms with Gasteiger partial charge >= 0.3 is 0 Å². The Morgan fingerprint density at radius 2 is 1.95 bits per heavy atom. The van der Waals surface area contributed by atoms with Gasteiger partial charge in [0.05, 0.1) is 23.8 Å². The third kappa shape index (κ3) is 2.15. The molecule has 1 N–H and O–H groups in total. The topological polar surface area (TPSA) is 68.3 Å². The number of hydrogen-bond acceptors (Lipinski definition) is 4.